The van der Waals surface area contributed by atoms with Gasteiger partial charge in [-0.1, -0.05) is 6.07 Å². The van der Waals surface area contributed by atoms with Gasteiger partial charge in [0.15, 0.2) is 5.78 Å². The Kier molecular flexibility index (Phi) is 5.74. The van der Waals surface area contributed by atoms with Crippen LogP contribution in [-0.4, -0.2) is 17.4 Å². The number of fused-ring (bicyclic) bond motifs is 1. The van der Waals surface area contributed by atoms with Gasteiger partial charge in [0.05, 0.1) is 11.3 Å². The van der Waals surface area contributed by atoms with Crippen LogP contribution in [0, 0.1) is 17.1 Å². The van der Waals surface area contributed by atoms with Crippen molar-refractivity contribution in [1.29, 1.82) is 5.26 Å². The highest BCUT2D eigenvalue weighted by Gasteiger charge is 2.21. The van der Waals surface area contributed by atoms with E-state index in [0.29, 0.717) is 21.0 Å². The molecule has 0 atom stereocenters. The summed E-state index contributed by atoms with van der Waals surface area (Å²) in [4.78, 5) is 25.0. The lowest BCUT2D eigenvalue weighted by atomic mass is 9.96. The SMILES string of the molecule is CC(=O)c1ccc(SCC(=O)Nc2sc3c(c2C#N)CCCC3)c(F)c1. The smallest absolute Gasteiger partial charge is 0.235 e. The molecular weight excluding hydrogens is 371 g/mol. The zero-order valence-electron chi connectivity index (χ0n) is 14.2. The molecule has 0 unspecified atom stereocenters. The van der Waals surface area contributed by atoms with E-state index in [2.05, 4.69) is 11.4 Å². The third-order valence-corrected chi connectivity index (χ3v) is 6.49. The van der Waals surface area contributed by atoms with Crippen molar-refractivity contribution >= 4 is 39.8 Å². The Bertz CT molecular complexity index is 915. The van der Waals surface area contributed by atoms with Crippen LogP contribution in [0.4, 0.5) is 9.39 Å². The Morgan fingerprint density at radius 2 is 2.12 bits per heavy atom. The second kappa shape index (κ2) is 8.02. The van der Waals surface area contributed by atoms with Crippen molar-refractivity contribution in [1.82, 2.24) is 0 Å². The number of anilines is 1. The van der Waals surface area contributed by atoms with Gasteiger partial charge in [-0.2, -0.15) is 5.26 Å². The summed E-state index contributed by atoms with van der Waals surface area (Å²) in [5.41, 5.74) is 1.94. The number of nitriles is 1. The molecule has 1 aromatic carbocycles. The minimum atomic E-state index is -0.514. The van der Waals surface area contributed by atoms with Crippen LogP contribution in [0.15, 0.2) is 23.1 Å². The number of aryl methyl sites for hydroxylation is 1. The lowest BCUT2D eigenvalue weighted by Crippen LogP contribution is -2.14. The summed E-state index contributed by atoms with van der Waals surface area (Å²) in [5, 5.41) is 12.8. The van der Waals surface area contributed by atoms with Crippen LogP contribution >= 0.6 is 23.1 Å². The van der Waals surface area contributed by atoms with Gasteiger partial charge >= 0.3 is 0 Å². The predicted octanol–water partition coefficient (Wildman–Crippen LogP) is 4.57. The fraction of sp³-hybridized carbons (Fsp3) is 0.316. The first-order valence-electron chi connectivity index (χ1n) is 8.27. The molecule has 1 aromatic heterocycles. The lowest BCUT2D eigenvalue weighted by molar-refractivity contribution is -0.113. The van der Waals surface area contributed by atoms with Crippen molar-refractivity contribution in [2.24, 2.45) is 0 Å². The van der Waals surface area contributed by atoms with E-state index in [0.717, 1.165) is 43.0 Å². The second-order valence-corrected chi connectivity index (χ2v) is 8.19. The number of nitrogens with one attached hydrogen (secondary N) is 1. The molecule has 26 heavy (non-hydrogen) atoms. The van der Waals surface area contributed by atoms with Crippen molar-refractivity contribution in [3.05, 3.63) is 45.6 Å². The van der Waals surface area contributed by atoms with Gasteiger partial charge in [-0.3, -0.25) is 9.59 Å². The summed E-state index contributed by atoms with van der Waals surface area (Å²) >= 11 is 2.54. The van der Waals surface area contributed by atoms with E-state index in [1.807, 2.05) is 0 Å². The van der Waals surface area contributed by atoms with E-state index in [4.69, 9.17) is 0 Å². The molecule has 4 nitrogen and oxygen atoms in total. The average molecular weight is 388 g/mol. The summed E-state index contributed by atoms with van der Waals surface area (Å²) in [7, 11) is 0. The zero-order chi connectivity index (χ0) is 18.7. The largest absolute Gasteiger partial charge is 0.316 e. The Labute approximate surface area is 159 Å². The van der Waals surface area contributed by atoms with Crippen LogP contribution in [0.2, 0.25) is 0 Å². The number of nitrogens with zero attached hydrogens (tertiary/aromatic N) is 1. The number of hydrogen-bond acceptors (Lipinski definition) is 5. The minimum Gasteiger partial charge on any atom is -0.316 e. The molecule has 1 amide bonds. The molecule has 0 fully saturated rings. The lowest BCUT2D eigenvalue weighted by Gasteiger charge is -2.09. The number of carbonyl (C=O) groups is 2. The summed E-state index contributed by atoms with van der Waals surface area (Å²) in [6.45, 7) is 1.38. The van der Waals surface area contributed by atoms with Crippen molar-refractivity contribution in [3.8, 4) is 6.07 Å². The third-order valence-electron chi connectivity index (χ3n) is 4.23. The van der Waals surface area contributed by atoms with Crippen molar-refractivity contribution in [3.63, 3.8) is 0 Å². The van der Waals surface area contributed by atoms with Gasteiger partial charge in [-0.25, -0.2) is 4.39 Å². The maximum absolute atomic E-state index is 14.0. The molecule has 2 aromatic rings. The molecule has 0 saturated heterocycles. The molecule has 1 aliphatic carbocycles. The molecule has 1 aliphatic rings. The van der Waals surface area contributed by atoms with Crippen LogP contribution in [-0.2, 0) is 17.6 Å². The molecular formula is C19H17FN2O2S2. The first-order chi connectivity index (χ1) is 12.5. The minimum absolute atomic E-state index is 0.0315. The number of thiophene rings is 1. The normalized spacial score (nSPS) is 13.0. The quantitative estimate of drug-likeness (QED) is 0.602. The van der Waals surface area contributed by atoms with E-state index < -0.39 is 5.82 Å². The number of Topliss-reactive ketones (excluding diaryl/α,β-unsaturated/α-hetero) is 1. The van der Waals surface area contributed by atoms with Crippen molar-refractivity contribution in [2.45, 2.75) is 37.5 Å². The second-order valence-electron chi connectivity index (χ2n) is 6.07. The molecule has 1 N–H and O–H groups in total. The standard InChI is InChI=1S/C19H17FN2O2S2/c1-11(23)12-6-7-17(15(20)8-12)25-10-18(24)22-19-14(9-21)13-4-2-3-5-16(13)26-19/h6-8H,2-5,10H2,1H3,(H,22,24). The van der Waals surface area contributed by atoms with Gasteiger partial charge in [0.1, 0.15) is 16.9 Å². The summed E-state index contributed by atoms with van der Waals surface area (Å²) in [6, 6.07) is 6.45. The number of ketones is 1. The van der Waals surface area contributed by atoms with E-state index in [1.54, 1.807) is 6.07 Å². The van der Waals surface area contributed by atoms with Crippen LogP contribution in [0.3, 0.4) is 0 Å². The monoisotopic (exact) mass is 388 g/mol. The average Bonchev–Trinajstić information content (AvgIpc) is 2.97. The van der Waals surface area contributed by atoms with Gasteiger partial charge in [0.25, 0.3) is 0 Å². The number of carbonyl (C=O) groups excluding carboxylic acids is 2. The summed E-state index contributed by atoms with van der Waals surface area (Å²) < 4.78 is 14.0. The van der Waals surface area contributed by atoms with Gasteiger partial charge < -0.3 is 5.32 Å². The Balaban J connectivity index is 1.66. The highest BCUT2D eigenvalue weighted by molar-refractivity contribution is 8.00. The first kappa shape index (κ1) is 18.6. The number of rotatable bonds is 5. The number of hydrogen-bond donors (Lipinski definition) is 1. The van der Waals surface area contributed by atoms with Crippen LogP contribution < -0.4 is 5.32 Å². The Hall–Kier alpha value is -2.17. The molecule has 3 rings (SSSR count). The van der Waals surface area contributed by atoms with Gasteiger partial charge in [-0.15, -0.1) is 23.1 Å². The maximum Gasteiger partial charge on any atom is 0.235 e. The van der Waals surface area contributed by atoms with E-state index in [-0.39, 0.29) is 17.4 Å². The van der Waals surface area contributed by atoms with Crippen molar-refractivity contribution < 1.29 is 14.0 Å². The molecule has 0 saturated carbocycles. The van der Waals surface area contributed by atoms with E-state index in [1.165, 1.54) is 35.3 Å². The van der Waals surface area contributed by atoms with Crippen molar-refractivity contribution in [2.75, 3.05) is 11.1 Å². The molecule has 1 heterocycles. The molecule has 0 aliphatic heterocycles. The summed E-state index contributed by atoms with van der Waals surface area (Å²) in [6.07, 6.45) is 4.01. The fourth-order valence-corrected chi connectivity index (χ4v) is 4.89. The Morgan fingerprint density at radius 3 is 2.81 bits per heavy atom. The van der Waals surface area contributed by atoms with E-state index >= 15 is 0 Å². The fourth-order valence-electron chi connectivity index (χ4n) is 2.92. The van der Waals surface area contributed by atoms with Crippen LogP contribution in [0.1, 0.15) is 46.1 Å². The topological polar surface area (TPSA) is 70.0 Å². The highest BCUT2D eigenvalue weighted by atomic mass is 32.2. The number of thioether (sulfide) groups is 1. The Morgan fingerprint density at radius 1 is 1.35 bits per heavy atom. The van der Waals surface area contributed by atoms with E-state index in [9.17, 15) is 19.2 Å². The first-order valence-corrected chi connectivity index (χ1v) is 10.1. The number of amides is 1. The molecule has 0 radical (unpaired) electrons. The summed E-state index contributed by atoms with van der Waals surface area (Å²) in [5.74, 6) is -0.965. The number of benzene rings is 1. The third kappa shape index (κ3) is 3.97. The highest BCUT2D eigenvalue weighted by Crippen LogP contribution is 2.37. The molecule has 7 heteroatoms. The zero-order valence-corrected chi connectivity index (χ0v) is 15.9. The van der Waals surface area contributed by atoms with Gasteiger partial charge in [-0.05, 0) is 50.3 Å². The maximum atomic E-state index is 14.0. The molecule has 0 spiro atoms. The van der Waals surface area contributed by atoms with Gasteiger partial charge in [0, 0.05) is 15.3 Å². The molecule has 0 bridgehead atoms. The van der Waals surface area contributed by atoms with Gasteiger partial charge in [0.2, 0.25) is 5.91 Å². The van der Waals surface area contributed by atoms with Crippen LogP contribution in [0.25, 0.3) is 0 Å². The number of halogens is 1. The molecule has 134 valence electrons. The predicted molar refractivity (Wildman–Crippen MR) is 101 cm³/mol. The van der Waals surface area contributed by atoms with Crippen LogP contribution in [0.5, 0.6) is 0 Å².